The molecule has 2 aliphatic heterocycles. The van der Waals surface area contributed by atoms with Crippen LogP contribution in [0.5, 0.6) is 0 Å². The number of halogens is 2. The van der Waals surface area contributed by atoms with E-state index < -0.39 is 0 Å². The van der Waals surface area contributed by atoms with Gasteiger partial charge in [0.15, 0.2) is 0 Å². The van der Waals surface area contributed by atoms with E-state index >= 15 is 0 Å². The molecule has 3 heterocycles. The molecule has 2 unspecified atom stereocenters. The number of fused-ring (bicyclic) bond motifs is 2. The first-order valence-corrected chi connectivity index (χ1v) is 7.70. The summed E-state index contributed by atoms with van der Waals surface area (Å²) in [4.78, 5) is 15.5. The highest BCUT2D eigenvalue weighted by Gasteiger charge is 2.38. The third-order valence-corrected chi connectivity index (χ3v) is 5.35. The lowest BCUT2D eigenvalue weighted by atomic mass is 10.1. The van der Waals surface area contributed by atoms with Crippen molar-refractivity contribution in [3.8, 4) is 0 Å². The Bertz CT molecular complexity index is 425. The van der Waals surface area contributed by atoms with E-state index in [0.29, 0.717) is 12.1 Å². The summed E-state index contributed by atoms with van der Waals surface area (Å²) >= 11 is 4.94. The van der Waals surface area contributed by atoms with Crippen molar-refractivity contribution >= 4 is 45.6 Å². The second-order valence-electron chi connectivity index (χ2n) is 4.72. The lowest BCUT2D eigenvalue weighted by molar-refractivity contribution is 0.0685. The van der Waals surface area contributed by atoms with Gasteiger partial charge in [0, 0.05) is 28.5 Å². The van der Waals surface area contributed by atoms with Gasteiger partial charge in [0.2, 0.25) is 0 Å². The maximum Gasteiger partial charge on any atom is 0.264 e. The Kier molecular flexibility index (Phi) is 4.69. The number of nitrogens with one attached hydrogen (secondary N) is 1. The molecular weight excluding hydrogens is 336 g/mol. The van der Waals surface area contributed by atoms with Crippen molar-refractivity contribution < 1.29 is 4.79 Å². The van der Waals surface area contributed by atoms with E-state index in [9.17, 15) is 4.79 Å². The van der Waals surface area contributed by atoms with Gasteiger partial charge in [0.25, 0.3) is 5.91 Å². The van der Waals surface area contributed by atoms with Crippen LogP contribution in [-0.4, -0.2) is 36.0 Å². The largest absolute Gasteiger partial charge is 0.331 e. The number of thiophene rings is 1. The molecule has 1 amide bonds. The third-order valence-electron chi connectivity index (χ3n) is 3.67. The van der Waals surface area contributed by atoms with Gasteiger partial charge < -0.3 is 10.2 Å². The van der Waals surface area contributed by atoms with Gasteiger partial charge in [-0.25, -0.2) is 0 Å². The minimum atomic E-state index is 0. The molecule has 1 aromatic rings. The molecule has 2 saturated heterocycles. The lowest BCUT2D eigenvalue weighted by Gasteiger charge is -2.27. The summed E-state index contributed by atoms with van der Waals surface area (Å²) in [6.45, 7) is 1.99. The predicted octanol–water partition coefficient (Wildman–Crippen LogP) is 2.90. The minimum Gasteiger partial charge on any atom is -0.331 e. The minimum absolute atomic E-state index is 0. The summed E-state index contributed by atoms with van der Waals surface area (Å²) < 4.78 is 1.01. The zero-order valence-corrected chi connectivity index (χ0v) is 13.1. The molecule has 0 aliphatic carbocycles. The van der Waals surface area contributed by atoms with Gasteiger partial charge in [-0.3, -0.25) is 4.79 Å². The van der Waals surface area contributed by atoms with Crippen molar-refractivity contribution in [1.82, 2.24) is 10.2 Å². The van der Waals surface area contributed by atoms with Crippen molar-refractivity contribution in [1.29, 1.82) is 0 Å². The fourth-order valence-electron chi connectivity index (χ4n) is 2.87. The van der Waals surface area contributed by atoms with Gasteiger partial charge in [0.05, 0.1) is 4.88 Å². The van der Waals surface area contributed by atoms with Crippen molar-refractivity contribution in [3.63, 3.8) is 0 Å². The van der Waals surface area contributed by atoms with Gasteiger partial charge in [0.1, 0.15) is 0 Å². The molecule has 0 saturated carbocycles. The highest BCUT2D eigenvalue weighted by atomic mass is 79.9. The Labute approximate surface area is 125 Å². The molecule has 18 heavy (non-hydrogen) atoms. The molecule has 6 heteroatoms. The number of carbonyl (C=O) groups is 1. The standard InChI is InChI=1S/C12H15BrN2OS.ClH/c13-8-5-11(17-7-8)12(16)15-9-1-2-10(15)6-14-4-3-9;/h5,7,9-10,14H,1-4,6H2;1H. The average Bonchev–Trinajstić information content (AvgIpc) is 2.81. The fraction of sp³-hybridized carbons (Fsp3) is 0.583. The first-order chi connectivity index (χ1) is 8.25. The van der Waals surface area contributed by atoms with Crippen LogP contribution in [0.4, 0.5) is 0 Å². The summed E-state index contributed by atoms with van der Waals surface area (Å²) in [5, 5.41) is 5.40. The molecule has 2 fully saturated rings. The maximum absolute atomic E-state index is 12.5. The second kappa shape index (κ2) is 5.90. The number of nitrogens with zero attached hydrogens (tertiary/aromatic N) is 1. The summed E-state index contributed by atoms with van der Waals surface area (Å²) in [6.07, 6.45) is 3.41. The number of amides is 1. The summed E-state index contributed by atoms with van der Waals surface area (Å²) in [7, 11) is 0. The topological polar surface area (TPSA) is 32.3 Å². The molecule has 3 rings (SSSR count). The SMILES string of the molecule is Cl.O=C(c1cc(Br)cs1)N1C2CCNCC1CC2. The first kappa shape index (κ1) is 14.3. The summed E-state index contributed by atoms with van der Waals surface area (Å²) in [5.74, 6) is 0.219. The molecule has 1 N–H and O–H groups in total. The van der Waals surface area contributed by atoms with Crippen LogP contribution in [0.1, 0.15) is 28.9 Å². The third kappa shape index (κ3) is 2.59. The molecular formula is C12H16BrClN2OS. The van der Waals surface area contributed by atoms with E-state index in [0.717, 1.165) is 35.3 Å². The molecule has 1 aromatic heterocycles. The van der Waals surface area contributed by atoms with Crippen molar-refractivity contribution in [2.24, 2.45) is 0 Å². The van der Waals surface area contributed by atoms with Crippen molar-refractivity contribution in [2.45, 2.75) is 31.3 Å². The van der Waals surface area contributed by atoms with Crippen LogP contribution in [0.2, 0.25) is 0 Å². The molecule has 2 atom stereocenters. The van der Waals surface area contributed by atoms with Crippen LogP contribution in [0, 0.1) is 0 Å². The van der Waals surface area contributed by atoms with Gasteiger partial charge >= 0.3 is 0 Å². The van der Waals surface area contributed by atoms with Crippen LogP contribution in [0.3, 0.4) is 0 Å². The lowest BCUT2D eigenvalue weighted by Crippen LogP contribution is -2.42. The summed E-state index contributed by atoms with van der Waals surface area (Å²) in [6, 6.07) is 2.78. The quantitative estimate of drug-likeness (QED) is 0.844. The van der Waals surface area contributed by atoms with E-state index in [-0.39, 0.29) is 18.3 Å². The van der Waals surface area contributed by atoms with E-state index in [2.05, 4.69) is 26.1 Å². The zero-order valence-electron chi connectivity index (χ0n) is 9.89. The van der Waals surface area contributed by atoms with Gasteiger partial charge in [-0.15, -0.1) is 23.7 Å². The molecule has 100 valence electrons. The van der Waals surface area contributed by atoms with E-state index in [1.165, 1.54) is 17.8 Å². The summed E-state index contributed by atoms with van der Waals surface area (Å²) in [5.41, 5.74) is 0. The number of carbonyl (C=O) groups excluding carboxylic acids is 1. The molecule has 0 radical (unpaired) electrons. The Balaban J connectivity index is 0.00000120. The molecule has 2 aliphatic rings. The normalized spacial score (nSPS) is 26.6. The van der Waals surface area contributed by atoms with Crippen LogP contribution < -0.4 is 5.32 Å². The monoisotopic (exact) mass is 350 g/mol. The van der Waals surface area contributed by atoms with Crippen LogP contribution >= 0.6 is 39.7 Å². The van der Waals surface area contributed by atoms with Crippen molar-refractivity contribution in [2.75, 3.05) is 13.1 Å². The van der Waals surface area contributed by atoms with Gasteiger partial charge in [-0.1, -0.05) is 0 Å². The van der Waals surface area contributed by atoms with Gasteiger partial charge in [-0.2, -0.15) is 0 Å². The van der Waals surface area contributed by atoms with E-state index in [4.69, 9.17) is 0 Å². The zero-order chi connectivity index (χ0) is 11.8. The molecule has 2 bridgehead atoms. The van der Waals surface area contributed by atoms with Crippen molar-refractivity contribution in [3.05, 3.63) is 20.8 Å². The maximum atomic E-state index is 12.5. The highest BCUT2D eigenvalue weighted by Crippen LogP contribution is 2.31. The first-order valence-electron chi connectivity index (χ1n) is 6.03. The second-order valence-corrected chi connectivity index (χ2v) is 6.55. The van der Waals surface area contributed by atoms with Crippen LogP contribution in [0.25, 0.3) is 0 Å². The number of rotatable bonds is 1. The average molecular weight is 352 g/mol. The Morgan fingerprint density at radius 3 is 2.89 bits per heavy atom. The Morgan fingerprint density at radius 1 is 1.39 bits per heavy atom. The molecule has 0 aromatic carbocycles. The Hall–Kier alpha value is -0.100. The number of hydrogen-bond donors (Lipinski definition) is 1. The predicted molar refractivity (Wildman–Crippen MR) is 79.7 cm³/mol. The number of hydrogen-bond acceptors (Lipinski definition) is 3. The smallest absolute Gasteiger partial charge is 0.264 e. The van der Waals surface area contributed by atoms with Crippen LogP contribution in [0.15, 0.2) is 15.9 Å². The highest BCUT2D eigenvalue weighted by molar-refractivity contribution is 9.10. The van der Waals surface area contributed by atoms with E-state index in [1.807, 2.05) is 11.4 Å². The van der Waals surface area contributed by atoms with E-state index in [1.54, 1.807) is 0 Å². The molecule has 0 spiro atoms. The fourth-order valence-corrected chi connectivity index (χ4v) is 4.24. The van der Waals surface area contributed by atoms with Crippen LogP contribution in [-0.2, 0) is 0 Å². The van der Waals surface area contributed by atoms with Gasteiger partial charge in [-0.05, 0) is 47.8 Å². The molecule has 3 nitrogen and oxygen atoms in total. The Morgan fingerprint density at radius 2 is 2.17 bits per heavy atom.